The molecule has 65 heavy (non-hydrogen) atoms. The van der Waals surface area contributed by atoms with Gasteiger partial charge >= 0.3 is 0 Å². The molecule has 6 nitrogen and oxygen atoms in total. The predicted octanol–water partition coefficient (Wildman–Crippen LogP) is 15.1. The Morgan fingerprint density at radius 2 is 0.738 bits per heavy atom. The van der Waals surface area contributed by atoms with Crippen molar-refractivity contribution in [3.05, 3.63) is 181 Å². The van der Waals surface area contributed by atoms with Crippen LogP contribution in [0.3, 0.4) is 0 Å². The summed E-state index contributed by atoms with van der Waals surface area (Å²) in [7, 11) is 3.35. The summed E-state index contributed by atoms with van der Waals surface area (Å²) >= 11 is 3.79. The van der Waals surface area contributed by atoms with Gasteiger partial charge in [0.1, 0.15) is 0 Å². The first kappa shape index (κ1) is 42.5. The molecular weight excluding hydrogens is 841 g/mol. The summed E-state index contributed by atoms with van der Waals surface area (Å²) in [5.41, 5.74) is 13.3. The third kappa shape index (κ3) is 8.17. The van der Waals surface area contributed by atoms with Crippen molar-refractivity contribution in [1.29, 1.82) is 0 Å². The van der Waals surface area contributed by atoms with E-state index in [9.17, 15) is 0 Å². The Hall–Kier alpha value is -6.42. The fraction of sp³-hybridized carbons (Fsp3) is 0.158. The Labute approximate surface area is 388 Å². The van der Waals surface area contributed by atoms with Crippen molar-refractivity contribution < 1.29 is 18.9 Å². The lowest BCUT2D eigenvalue weighted by Crippen LogP contribution is -2.06. The van der Waals surface area contributed by atoms with E-state index < -0.39 is 0 Å². The van der Waals surface area contributed by atoms with Gasteiger partial charge in [0.05, 0.1) is 33.4 Å². The molecule has 10 rings (SSSR count). The van der Waals surface area contributed by atoms with Crippen LogP contribution in [-0.2, 0) is 9.47 Å². The summed E-state index contributed by atoms with van der Waals surface area (Å²) in [6.45, 7) is 4.61. The van der Waals surface area contributed by atoms with Crippen LogP contribution >= 0.6 is 23.5 Å². The smallest absolute Gasteiger partial charge is 0.188 e. The highest BCUT2D eigenvalue weighted by atomic mass is 32.2. The highest BCUT2D eigenvalue weighted by Gasteiger charge is 2.23. The first-order chi connectivity index (χ1) is 32.0. The zero-order chi connectivity index (χ0) is 44.3. The van der Waals surface area contributed by atoms with Crippen molar-refractivity contribution in [3.8, 4) is 45.1 Å². The SMILES string of the molecule is COCOc1c(-c2ccccc2SCCCSc2ccccc2-c2cc(C)cc(-n3c4ccccc4c4ccccc43)c2OCOC)cc(C)cc1-n1c2ccccc2c2ccccc21. The van der Waals surface area contributed by atoms with Gasteiger partial charge < -0.3 is 28.1 Å². The molecule has 0 aliphatic heterocycles. The number of thioether (sulfide) groups is 2. The van der Waals surface area contributed by atoms with Crippen LogP contribution < -0.4 is 9.47 Å². The molecule has 2 heterocycles. The maximum absolute atomic E-state index is 6.57. The highest BCUT2D eigenvalue weighted by Crippen LogP contribution is 2.46. The number of para-hydroxylation sites is 4. The molecule has 0 radical (unpaired) electrons. The van der Waals surface area contributed by atoms with Crippen LogP contribution in [0.1, 0.15) is 17.5 Å². The summed E-state index contributed by atoms with van der Waals surface area (Å²) in [5, 5.41) is 4.85. The summed E-state index contributed by atoms with van der Waals surface area (Å²) in [6.07, 6.45) is 1.01. The lowest BCUT2D eigenvalue weighted by molar-refractivity contribution is 0.0513. The van der Waals surface area contributed by atoms with Gasteiger partial charge in [-0.25, -0.2) is 0 Å². The number of hydrogen-bond acceptors (Lipinski definition) is 6. The number of hydrogen-bond donors (Lipinski definition) is 0. The number of nitrogens with zero attached hydrogens (tertiary/aromatic N) is 2. The van der Waals surface area contributed by atoms with Gasteiger partial charge in [0.15, 0.2) is 25.1 Å². The molecule has 0 unspecified atom stereocenters. The maximum Gasteiger partial charge on any atom is 0.188 e. The van der Waals surface area contributed by atoms with Crippen LogP contribution in [0.5, 0.6) is 11.5 Å². The topological polar surface area (TPSA) is 46.8 Å². The van der Waals surface area contributed by atoms with Crippen molar-refractivity contribution in [3.63, 3.8) is 0 Å². The molecule has 0 aliphatic carbocycles. The fourth-order valence-electron chi connectivity index (χ4n) is 9.20. The molecule has 0 atom stereocenters. The molecule has 0 spiro atoms. The van der Waals surface area contributed by atoms with Crippen LogP contribution in [0.15, 0.2) is 180 Å². The number of rotatable bonds is 16. The van der Waals surface area contributed by atoms with Gasteiger partial charge in [-0.2, -0.15) is 0 Å². The van der Waals surface area contributed by atoms with Crippen LogP contribution in [0.2, 0.25) is 0 Å². The Bertz CT molecular complexity index is 3010. The van der Waals surface area contributed by atoms with Crippen molar-refractivity contribution >= 4 is 67.1 Å². The lowest BCUT2D eigenvalue weighted by Gasteiger charge is -2.21. The average Bonchev–Trinajstić information content (AvgIpc) is 3.86. The van der Waals surface area contributed by atoms with E-state index in [-0.39, 0.29) is 13.6 Å². The molecule has 0 N–H and O–H groups in total. The third-order valence-electron chi connectivity index (χ3n) is 11.9. The predicted molar refractivity (Wildman–Crippen MR) is 273 cm³/mol. The molecule has 8 heteroatoms. The second-order valence-corrected chi connectivity index (χ2v) is 18.5. The average molecular weight is 891 g/mol. The maximum atomic E-state index is 6.57. The number of aryl methyl sites for hydroxylation is 2. The second kappa shape index (κ2) is 19.0. The van der Waals surface area contributed by atoms with Crippen molar-refractivity contribution in [2.45, 2.75) is 30.1 Å². The molecule has 2 aromatic heterocycles. The quantitative estimate of drug-likeness (QED) is 0.0547. The van der Waals surface area contributed by atoms with Crippen LogP contribution in [-0.4, -0.2) is 48.4 Å². The van der Waals surface area contributed by atoms with Gasteiger partial charge in [0.2, 0.25) is 0 Å². The number of aromatic nitrogens is 2. The number of benzene rings is 8. The van der Waals surface area contributed by atoms with Crippen LogP contribution in [0, 0.1) is 13.8 Å². The largest absolute Gasteiger partial charge is 0.465 e. The van der Waals surface area contributed by atoms with E-state index in [2.05, 4.69) is 193 Å². The lowest BCUT2D eigenvalue weighted by atomic mass is 10.0. The molecular formula is C57H50N2O4S2. The molecule has 0 fully saturated rings. The van der Waals surface area contributed by atoms with E-state index in [0.717, 1.165) is 96.2 Å². The molecule has 324 valence electrons. The van der Waals surface area contributed by atoms with Gasteiger partial charge in [0.25, 0.3) is 0 Å². The molecule has 0 amide bonds. The number of fused-ring (bicyclic) bond motifs is 6. The Morgan fingerprint density at radius 3 is 1.11 bits per heavy atom. The fourth-order valence-corrected chi connectivity index (χ4v) is 11.4. The molecule has 8 aromatic carbocycles. The molecule has 0 aliphatic rings. The summed E-state index contributed by atoms with van der Waals surface area (Å²) < 4.78 is 28.9. The first-order valence-electron chi connectivity index (χ1n) is 22.0. The van der Waals surface area contributed by atoms with E-state index in [1.54, 1.807) is 14.2 Å². The van der Waals surface area contributed by atoms with E-state index >= 15 is 0 Å². The van der Waals surface area contributed by atoms with Gasteiger partial charge in [-0.3, -0.25) is 0 Å². The van der Waals surface area contributed by atoms with E-state index in [1.807, 2.05) is 23.5 Å². The highest BCUT2D eigenvalue weighted by molar-refractivity contribution is 8.00. The first-order valence-corrected chi connectivity index (χ1v) is 24.0. The van der Waals surface area contributed by atoms with E-state index in [1.165, 1.54) is 31.3 Å². The van der Waals surface area contributed by atoms with Gasteiger partial charge in [-0.15, -0.1) is 23.5 Å². The minimum atomic E-state index is 0.137. The molecule has 10 aromatic rings. The standard InChI is InChI=1S/C57H50N2O4S2/c1-38-32-46(56(62-36-60-3)52(34-38)58-48-24-11-5-18-40(48)41-19-6-12-25-49(41)58)44-22-9-15-28-54(44)64-30-17-31-65-55-29-16-10-23-45(55)47-33-39(2)35-53(57(47)63-37-61-4)59-50-26-13-7-20-42(50)43-21-8-14-27-51(43)59/h5-16,18-29,32-35H,17,30-31,36-37H2,1-4H3. The van der Waals surface area contributed by atoms with Crippen LogP contribution in [0.4, 0.5) is 0 Å². The molecule has 0 bridgehead atoms. The normalized spacial score (nSPS) is 11.6. The summed E-state index contributed by atoms with van der Waals surface area (Å²) in [6, 6.07) is 60.8. The van der Waals surface area contributed by atoms with Gasteiger partial charge in [-0.1, -0.05) is 109 Å². The van der Waals surface area contributed by atoms with E-state index in [0.29, 0.717) is 0 Å². The van der Waals surface area contributed by atoms with E-state index in [4.69, 9.17) is 18.9 Å². The molecule has 0 saturated heterocycles. The Balaban J connectivity index is 0.939. The number of methoxy groups -OCH3 is 2. The van der Waals surface area contributed by atoms with Crippen molar-refractivity contribution in [1.82, 2.24) is 9.13 Å². The minimum absolute atomic E-state index is 0.137. The zero-order valence-electron chi connectivity index (χ0n) is 37.0. The van der Waals surface area contributed by atoms with Crippen LogP contribution in [0.25, 0.3) is 77.2 Å². The van der Waals surface area contributed by atoms with Gasteiger partial charge in [-0.05, 0) is 115 Å². The summed E-state index contributed by atoms with van der Waals surface area (Å²) in [4.78, 5) is 2.44. The van der Waals surface area contributed by atoms with Gasteiger partial charge in [0, 0.05) is 56.7 Å². The zero-order valence-corrected chi connectivity index (χ0v) is 38.7. The Morgan fingerprint density at radius 1 is 0.400 bits per heavy atom. The minimum Gasteiger partial charge on any atom is -0.465 e. The monoisotopic (exact) mass is 890 g/mol. The number of ether oxygens (including phenoxy) is 4. The Kier molecular flexibility index (Phi) is 12.4. The second-order valence-electron chi connectivity index (χ2n) is 16.2. The van der Waals surface area contributed by atoms with Crippen molar-refractivity contribution in [2.75, 3.05) is 39.3 Å². The third-order valence-corrected chi connectivity index (χ3v) is 14.2. The molecule has 0 saturated carbocycles. The summed E-state index contributed by atoms with van der Waals surface area (Å²) in [5.74, 6) is 3.51. The van der Waals surface area contributed by atoms with Crippen molar-refractivity contribution in [2.24, 2.45) is 0 Å².